The standard InChI is InChI=1S/C19H20BrNO6S/c1-24-11-8-10(14(20)16(26-3)15(11)25-2)17(22)21-18-13(19(23)27-4)9-6-5-7-12(9)28-18/h8H,5-7H2,1-4H3,(H,21,22). The molecule has 0 spiro atoms. The predicted octanol–water partition coefficient (Wildman–Crippen LogP) is 4.06. The van der Waals surface area contributed by atoms with E-state index in [1.165, 1.54) is 39.8 Å². The molecule has 0 atom stereocenters. The van der Waals surface area contributed by atoms with Crippen LogP contribution in [0.5, 0.6) is 17.2 Å². The lowest BCUT2D eigenvalue weighted by molar-refractivity contribution is 0.0601. The van der Waals surface area contributed by atoms with Gasteiger partial charge in [0.2, 0.25) is 5.75 Å². The van der Waals surface area contributed by atoms with Gasteiger partial charge in [-0.1, -0.05) is 0 Å². The predicted molar refractivity (Wildman–Crippen MR) is 109 cm³/mol. The summed E-state index contributed by atoms with van der Waals surface area (Å²) in [4.78, 5) is 26.4. The van der Waals surface area contributed by atoms with E-state index in [-0.39, 0.29) is 0 Å². The maximum Gasteiger partial charge on any atom is 0.341 e. The molecule has 1 aromatic heterocycles. The Bertz CT molecular complexity index is 939. The molecule has 0 bridgehead atoms. The van der Waals surface area contributed by atoms with Crippen LogP contribution in [-0.4, -0.2) is 40.3 Å². The number of fused-ring (bicyclic) bond motifs is 1. The lowest BCUT2D eigenvalue weighted by Gasteiger charge is -2.16. The summed E-state index contributed by atoms with van der Waals surface area (Å²) in [6.45, 7) is 0. The highest BCUT2D eigenvalue weighted by atomic mass is 79.9. The van der Waals surface area contributed by atoms with Gasteiger partial charge in [-0.25, -0.2) is 4.79 Å². The smallest absolute Gasteiger partial charge is 0.341 e. The first-order chi connectivity index (χ1) is 13.5. The third kappa shape index (κ3) is 3.44. The van der Waals surface area contributed by atoms with Gasteiger partial charge in [-0.3, -0.25) is 4.79 Å². The van der Waals surface area contributed by atoms with Crippen LogP contribution in [-0.2, 0) is 17.6 Å². The van der Waals surface area contributed by atoms with Crippen molar-refractivity contribution in [2.75, 3.05) is 33.8 Å². The number of esters is 1. The maximum atomic E-state index is 13.0. The summed E-state index contributed by atoms with van der Waals surface area (Å²) < 4.78 is 21.4. The van der Waals surface area contributed by atoms with Crippen LogP contribution in [0, 0.1) is 0 Å². The van der Waals surface area contributed by atoms with Gasteiger partial charge in [0.1, 0.15) is 5.00 Å². The van der Waals surface area contributed by atoms with Crippen LogP contribution >= 0.6 is 27.3 Å². The van der Waals surface area contributed by atoms with Gasteiger partial charge in [-0.15, -0.1) is 11.3 Å². The van der Waals surface area contributed by atoms with Gasteiger partial charge in [0, 0.05) is 4.88 Å². The van der Waals surface area contributed by atoms with Crippen LogP contribution < -0.4 is 19.5 Å². The number of anilines is 1. The van der Waals surface area contributed by atoms with E-state index in [2.05, 4.69) is 21.2 Å². The Labute approximate surface area is 175 Å². The largest absolute Gasteiger partial charge is 0.493 e. The molecule has 7 nitrogen and oxygen atoms in total. The number of carbonyl (C=O) groups excluding carboxylic acids is 2. The van der Waals surface area contributed by atoms with Gasteiger partial charge < -0.3 is 24.3 Å². The van der Waals surface area contributed by atoms with Crippen molar-refractivity contribution in [2.24, 2.45) is 0 Å². The highest BCUT2D eigenvalue weighted by Gasteiger charge is 2.29. The molecule has 1 aliphatic rings. The fourth-order valence-corrected chi connectivity index (χ4v) is 5.18. The van der Waals surface area contributed by atoms with Gasteiger partial charge in [-0.2, -0.15) is 0 Å². The van der Waals surface area contributed by atoms with Crippen molar-refractivity contribution in [2.45, 2.75) is 19.3 Å². The Morgan fingerprint density at radius 3 is 2.39 bits per heavy atom. The van der Waals surface area contributed by atoms with Crippen LogP contribution in [0.25, 0.3) is 0 Å². The first kappa shape index (κ1) is 20.5. The van der Waals surface area contributed by atoms with Gasteiger partial charge in [-0.05, 0) is 46.8 Å². The van der Waals surface area contributed by atoms with E-state index in [1.54, 1.807) is 6.07 Å². The molecular formula is C19H20BrNO6S. The molecule has 0 saturated carbocycles. The van der Waals surface area contributed by atoms with Gasteiger partial charge in [0.05, 0.1) is 44.0 Å². The third-order valence-electron chi connectivity index (χ3n) is 4.55. The molecule has 1 N–H and O–H groups in total. The molecule has 2 aromatic rings. The summed E-state index contributed by atoms with van der Waals surface area (Å²) in [6.07, 6.45) is 2.70. The molecular weight excluding hydrogens is 450 g/mol. The summed E-state index contributed by atoms with van der Waals surface area (Å²) in [5.41, 5.74) is 1.70. The van der Waals surface area contributed by atoms with E-state index < -0.39 is 11.9 Å². The molecule has 3 rings (SSSR count). The number of rotatable bonds is 6. The number of hydrogen-bond donors (Lipinski definition) is 1. The Morgan fingerprint density at radius 2 is 1.79 bits per heavy atom. The maximum absolute atomic E-state index is 13.0. The molecule has 1 aliphatic carbocycles. The first-order valence-electron chi connectivity index (χ1n) is 8.49. The number of carbonyl (C=O) groups is 2. The number of hydrogen-bond acceptors (Lipinski definition) is 7. The lowest BCUT2D eigenvalue weighted by Crippen LogP contribution is -2.16. The van der Waals surface area contributed by atoms with Crippen LogP contribution in [0.15, 0.2) is 10.5 Å². The molecule has 28 heavy (non-hydrogen) atoms. The minimum absolute atomic E-state index is 0.291. The highest BCUT2D eigenvalue weighted by molar-refractivity contribution is 9.10. The molecule has 0 aliphatic heterocycles. The van der Waals surface area contributed by atoms with E-state index in [0.29, 0.717) is 37.8 Å². The second kappa shape index (κ2) is 8.40. The van der Waals surface area contributed by atoms with E-state index in [0.717, 1.165) is 29.7 Å². The molecule has 0 fully saturated rings. The second-order valence-electron chi connectivity index (χ2n) is 6.01. The summed E-state index contributed by atoms with van der Waals surface area (Å²) in [6, 6.07) is 1.56. The van der Waals surface area contributed by atoms with Gasteiger partial charge in [0.15, 0.2) is 11.5 Å². The van der Waals surface area contributed by atoms with Crippen molar-refractivity contribution in [3.63, 3.8) is 0 Å². The van der Waals surface area contributed by atoms with Crippen LogP contribution in [0.3, 0.4) is 0 Å². The topological polar surface area (TPSA) is 83.1 Å². The summed E-state index contributed by atoms with van der Waals surface area (Å²) in [7, 11) is 5.78. The number of amides is 1. The van der Waals surface area contributed by atoms with Crippen LogP contribution in [0.2, 0.25) is 0 Å². The zero-order valence-electron chi connectivity index (χ0n) is 15.9. The summed E-state index contributed by atoms with van der Waals surface area (Å²) in [5.74, 6) is 0.220. The average Bonchev–Trinajstić information content (AvgIpc) is 3.27. The highest BCUT2D eigenvalue weighted by Crippen LogP contribution is 2.45. The number of thiophene rings is 1. The lowest BCUT2D eigenvalue weighted by atomic mass is 10.1. The molecule has 0 saturated heterocycles. The van der Waals surface area contributed by atoms with Crippen molar-refractivity contribution in [1.29, 1.82) is 0 Å². The van der Waals surface area contributed by atoms with Crippen molar-refractivity contribution >= 4 is 44.1 Å². The van der Waals surface area contributed by atoms with Crippen molar-refractivity contribution in [3.05, 3.63) is 32.1 Å². The van der Waals surface area contributed by atoms with E-state index >= 15 is 0 Å². The fraction of sp³-hybridized carbons (Fsp3) is 0.368. The van der Waals surface area contributed by atoms with Gasteiger partial charge in [0.25, 0.3) is 5.91 Å². The number of methoxy groups -OCH3 is 4. The Kier molecular flexibility index (Phi) is 6.14. The number of ether oxygens (including phenoxy) is 4. The monoisotopic (exact) mass is 469 g/mol. The number of nitrogens with one attached hydrogen (secondary N) is 1. The molecule has 9 heteroatoms. The van der Waals surface area contributed by atoms with E-state index in [4.69, 9.17) is 18.9 Å². The molecule has 0 radical (unpaired) electrons. The van der Waals surface area contributed by atoms with Crippen molar-refractivity contribution < 1.29 is 28.5 Å². The van der Waals surface area contributed by atoms with Crippen LogP contribution in [0.1, 0.15) is 37.6 Å². The molecule has 1 heterocycles. The third-order valence-corrected chi connectivity index (χ3v) is 6.55. The zero-order chi connectivity index (χ0) is 20.4. The number of benzene rings is 1. The first-order valence-corrected chi connectivity index (χ1v) is 10.1. The minimum atomic E-state index is -0.446. The van der Waals surface area contributed by atoms with E-state index in [9.17, 15) is 9.59 Å². The summed E-state index contributed by atoms with van der Waals surface area (Å²) >= 11 is 4.82. The zero-order valence-corrected chi connectivity index (χ0v) is 18.3. The fourth-order valence-electron chi connectivity index (χ4n) is 3.27. The Hall–Kier alpha value is -2.26. The van der Waals surface area contributed by atoms with Crippen molar-refractivity contribution in [3.8, 4) is 17.2 Å². The normalized spacial score (nSPS) is 12.3. The number of aryl methyl sites for hydroxylation is 1. The quantitative estimate of drug-likeness (QED) is 0.642. The van der Waals surface area contributed by atoms with Crippen molar-refractivity contribution in [1.82, 2.24) is 0 Å². The van der Waals surface area contributed by atoms with Crippen LogP contribution in [0.4, 0.5) is 5.00 Å². The average molecular weight is 470 g/mol. The molecule has 150 valence electrons. The Balaban J connectivity index is 2.02. The molecule has 1 amide bonds. The summed E-state index contributed by atoms with van der Waals surface area (Å²) in [5, 5.41) is 3.34. The van der Waals surface area contributed by atoms with Gasteiger partial charge >= 0.3 is 5.97 Å². The van der Waals surface area contributed by atoms with E-state index in [1.807, 2.05) is 0 Å². The Morgan fingerprint density at radius 1 is 1.07 bits per heavy atom. The minimum Gasteiger partial charge on any atom is -0.493 e. The number of halogens is 1. The molecule has 0 unspecified atom stereocenters. The molecule has 1 aromatic carbocycles. The SMILES string of the molecule is COC(=O)c1c(NC(=O)c2cc(OC)c(OC)c(OC)c2Br)sc2c1CCC2. The second-order valence-corrected chi connectivity index (χ2v) is 7.91.